The molecule has 0 amide bonds. The quantitative estimate of drug-likeness (QED) is 0.327. The van der Waals surface area contributed by atoms with Crippen molar-refractivity contribution in [3.63, 3.8) is 0 Å². The lowest BCUT2D eigenvalue weighted by Gasteiger charge is -2.07. The molecule has 0 aliphatic rings. The van der Waals surface area contributed by atoms with Crippen LogP contribution in [0.4, 0.5) is 5.69 Å². The summed E-state index contributed by atoms with van der Waals surface area (Å²) in [5.74, 6) is -2.81. The van der Waals surface area contributed by atoms with E-state index in [-0.39, 0.29) is 16.8 Å². The summed E-state index contributed by atoms with van der Waals surface area (Å²) < 4.78 is 0. The smallest absolute Gasteiger partial charge is 0.269 e. The van der Waals surface area contributed by atoms with Crippen LogP contribution in [0.3, 0.4) is 0 Å². The Hall–Kier alpha value is -3.79. The number of aromatic amines is 1. The first-order valence-electron chi connectivity index (χ1n) is 7.72. The molecule has 7 nitrogen and oxygen atoms in total. The van der Waals surface area contributed by atoms with Crippen LogP contribution in [0.2, 0.25) is 0 Å². The molecule has 1 N–H and O–H groups in total. The molecule has 1 atom stereocenters. The Labute approximate surface area is 148 Å². The zero-order valence-corrected chi connectivity index (χ0v) is 13.7. The van der Waals surface area contributed by atoms with Gasteiger partial charge in [-0.3, -0.25) is 19.7 Å². The second-order valence-electron chi connectivity index (χ2n) is 5.85. The summed E-state index contributed by atoms with van der Waals surface area (Å²) in [6, 6.07) is 12.1. The summed E-state index contributed by atoms with van der Waals surface area (Å²) in [6.45, 7) is 1.91. The lowest BCUT2D eigenvalue weighted by atomic mass is 9.91. The number of ketones is 2. The molecule has 3 aromatic rings. The van der Waals surface area contributed by atoms with Gasteiger partial charge < -0.3 is 4.98 Å². The molecule has 7 heteroatoms. The summed E-state index contributed by atoms with van der Waals surface area (Å²) in [7, 11) is 0. The van der Waals surface area contributed by atoms with Crippen molar-refractivity contribution in [3.05, 3.63) is 75.5 Å². The molecule has 0 saturated heterocycles. The van der Waals surface area contributed by atoms with E-state index in [0.717, 1.165) is 11.1 Å². The highest BCUT2D eigenvalue weighted by atomic mass is 16.6. The van der Waals surface area contributed by atoms with E-state index < -0.39 is 22.4 Å². The molecule has 1 aromatic heterocycles. The molecule has 3 rings (SSSR count). The fourth-order valence-electron chi connectivity index (χ4n) is 2.75. The van der Waals surface area contributed by atoms with E-state index in [1.54, 1.807) is 12.1 Å². The largest absolute Gasteiger partial charge is 0.360 e. The number of aryl methyl sites for hydroxylation is 1. The van der Waals surface area contributed by atoms with Crippen LogP contribution in [-0.4, -0.2) is 21.5 Å². The van der Waals surface area contributed by atoms with Gasteiger partial charge in [0.15, 0.2) is 17.5 Å². The van der Waals surface area contributed by atoms with E-state index in [1.807, 2.05) is 19.1 Å². The zero-order valence-electron chi connectivity index (χ0n) is 13.7. The molecule has 0 unspecified atom stereocenters. The van der Waals surface area contributed by atoms with Gasteiger partial charge in [0.25, 0.3) is 5.69 Å². The molecule has 0 aliphatic heterocycles. The van der Waals surface area contributed by atoms with Gasteiger partial charge in [0.2, 0.25) is 0 Å². The Bertz CT molecular complexity index is 1070. The molecular weight excluding hydrogens is 334 g/mol. The Balaban J connectivity index is 1.94. The van der Waals surface area contributed by atoms with Crippen LogP contribution >= 0.6 is 0 Å². The first kappa shape index (κ1) is 17.0. The van der Waals surface area contributed by atoms with Crippen molar-refractivity contribution in [1.29, 1.82) is 5.26 Å². The Morgan fingerprint density at radius 1 is 1.15 bits per heavy atom. The van der Waals surface area contributed by atoms with Crippen LogP contribution in [0, 0.1) is 34.3 Å². The maximum atomic E-state index is 12.8. The number of rotatable bonds is 5. The van der Waals surface area contributed by atoms with E-state index in [4.69, 9.17) is 0 Å². The molecule has 26 heavy (non-hydrogen) atoms. The molecule has 0 aliphatic carbocycles. The number of nitriles is 1. The highest BCUT2D eigenvalue weighted by molar-refractivity contribution is 6.21. The first-order valence-corrected chi connectivity index (χ1v) is 7.72. The van der Waals surface area contributed by atoms with Gasteiger partial charge >= 0.3 is 0 Å². The van der Waals surface area contributed by atoms with Crippen molar-refractivity contribution in [2.45, 2.75) is 6.92 Å². The van der Waals surface area contributed by atoms with E-state index in [1.165, 1.54) is 30.5 Å². The molecule has 0 fully saturated rings. The number of H-pyrrole nitrogens is 1. The number of nitrogens with one attached hydrogen (secondary N) is 1. The van der Waals surface area contributed by atoms with Gasteiger partial charge in [-0.2, -0.15) is 5.26 Å². The average Bonchev–Trinajstić information content (AvgIpc) is 3.05. The lowest BCUT2D eigenvalue weighted by Crippen LogP contribution is -2.22. The Morgan fingerprint density at radius 3 is 2.46 bits per heavy atom. The predicted molar refractivity (Wildman–Crippen MR) is 93.9 cm³/mol. The van der Waals surface area contributed by atoms with Crippen LogP contribution in [-0.2, 0) is 0 Å². The van der Waals surface area contributed by atoms with Crippen molar-refractivity contribution in [2.75, 3.05) is 0 Å². The standard InChI is InChI=1S/C19H13N3O4/c1-11-2-7-14-16(10-21-17(14)8-11)19(24)15(9-20)18(23)12-3-5-13(6-4-12)22(25)26/h2-8,10,15,21H,1H3/t15-/m1/s1. The fourth-order valence-corrected chi connectivity index (χ4v) is 2.75. The normalized spacial score (nSPS) is 11.7. The molecule has 1 heterocycles. The Kier molecular flexibility index (Phi) is 4.33. The number of nitrogens with zero attached hydrogens (tertiary/aromatic N) is 2. The van der Waals surface area contributed by atoms with Gasteiger partial charge in [0.05, 0.1) is 11.0 Å². The maximum Gasteiger partial charge on any atom is 0.269 e. The topological polar surface area (TPSA) is 117 Å². The van der Waals surface area contributed by atoms with Gasteiger partial charge in [-0.25, -0.2) is 0 Å². The molecular formula is C19H13N3O4. The zero-order chi connectivity index (χ0) is 18.8. The van der Waals surface area contributed by atoms with Gasteiger partial charge in [0, 0.05) is 40.4 Å². The number of nitro benzene ring substituents is 1. The van der Waals surface area contributed by atoms with Gasteiger partial charge in [-0.15, -0.1) is 0 Å². The number of aromatic nitrogens is 1. The van der Waals surface area contributed by atoms with Crippen LogP contribution in [0.5, 0.6) is 0 Å². The number of Topliss-reactive ketones (excluding diaryl/α,β-unsaturated/α-hetero) is 2. The number of hydrogen-bond donors (Lipinski definition) is 1. The summed E-state index contributed by atoms with van der Waals surface area (Å²) in [5.41, 5.74) is 1.92. The van der Waals surface area contributed by atoms with E-state index >= 15 is 0 Å². The summed E-state index contributed by atoms with van der Waals surface area (Å²) in [6.07, 6.45) is 1.49. The fraction of sp³-hybridized carbons (Fsp3) is 0.105. The van der Waals surface area contributed by atoms with Crippen LogP contribution in [0.25, 0.3) is 10.9 Å². The first-order chi connectivity index (χ1) is 12.4. The third-order valence-corrected chi connectivity index (χ3v) is 4.12. The van der Waals surface area contributed by atoms with Crippen LogP contribution in [0.15, 0.2) is 48.7 Å². The minimum Gasteiger partial charge on any atom is -0.360 e. The van der Waals surface area contributed by atoms with Gasteiger partial charge in [-0.05, 0) is 30.7 Å². The summed E-state index contributed by atoms with van der Waals surface area (Å²) in [4.78, 5) is 38.4. The molecule has 0 radical (unpaired) electrons. The minimum atomic E-state index is -1.52. The van der Waals surface area contributed by atoms with Gasteiger partial charge in [0.1, 0.15) is 0 Å². The van der Waals surface area contributed by atoms with Crippen molar-refractivity contribution >= 4 is 28.2 Å². The van der Waals surface area contributed by atoms with Crippen molar-refractivity contribution in [2.24, 2.45) is 5.92 Å². The third kappa shape index (κ3) is 2.96. The van der Waals surface area contributed by atoms with Gasteiger partial charge in [-0.1, -0.05) is 12.1 Å². The van der Waals surface area contributed by atoms with Crippen LogP contribution in [0.1, 0.15) is 26.3 Å². The van der Waals surface area contributed by atoms with Crippen LogP contribution < -0.4 is 0 Å². The highest BCUT2D eigenvalue weighted by Gasteiger charge is 2.30. The van der Waals surface area contributed by atoms with E-state index in [0.29, 0.717) is 5.39 Å². The minimum absolute atomic E-state index is 0.0752. The molecule has 0 spiro atoms. The lowest BCUT2D eigenvalue weighted by molar-refractivity contribution is -0.384. The molecule has 0 bridgehead atoms. The predicted octanol–water partition coefficient (Wildman–Crippen LogP) is 3.59. The summed E-state index contributed by atoms with van der Waals surface area (Å²) >= 11 is 0. The number of fused-ring (bicyclic) bond motifs is 1. The number of hydrogen-bond acceptors (Lipinski definition) is 5. The summed E-state index contributed by atoms with van der Waals surface area (Å²) in [5, 5.41) is 20.7. The SMILES string of the molecule is Cc1ccc2c(C(=O)[C@H](C#N)C(=O)c3ccc([N+](=O)[O-])cc3)c[nH]c2c1. The van der Waals surface area contributed by atoms with E-state index in [9.17, 15) is 25.0 Å². The second kappa shape index (κ2) is 6.61. The number of carbonyl (C=O) groups is 2. The number of carbonyl (C=O) groups excluding carboxylic acids is 2. The molecule has 2 aromatic carbocycles. The van der Waals surface area contributed by atoms with Crippen molar-refractivity contribution < 1.29 is 14.5 Å². The third-order valence-electron chi connectivity index (χ3n) is 4.12. The second-order valence-corrected chi connectivity index (χ2v) is 5.85. The average molecular weight is 347 g/mol. The van der Waals surface area contributed by atoms with Crippen molar-refractivity contribution in [3.8, 4) is 6.07 Å². The monoisotopic (exact) mass is 347 g/mol. The van der Waals surface area contributed by atoms with Crippen molar-refractivity contribution in [1.82, 2.24) is 4.98 Å². The number of non-ortho nitro benzene ring substituents is 1. The maximum absolute atomic E-state index is 12.8. The molecule has 0 saturated carbocycles. The molecule has 128 valence electrons. The highest BCUT2D eigenvalue weighted by Crippen LogP contribution is 2.24. The Morgan fingerprint density at radius 2 is 1.85 bits per heavy atom. The van der Waals surface area contributed by atoms with E-state index in [2.05, 4.69) is 4.98 Å². The number of benzene rings is 2. The number of nitro groups is 1.